The van der Waals surface area contributed by atoms with E-state index in [1.165, 1.54) is 0 Å². The van der Waals surface area contributed by atoms with E-state index in [9.17, 15) is 4.79 Å². The van der Waals surface area contributed by atoms with Crippen molar-refractivity contribution >= 4 is 5.78 Å². The molecule has 2 rings (SSSR count). The molecule has 0 radical (unpaired) electrons. The van der Waals surface area contributed by atoms with Gasteiger partial charge in [0, 0.05) is 18.9 Å². The van der Waals surface area contributed by atoms with E-state index in [0.717, 1.165) is 19.4 Å². The molecular weight excluding hydrogens is 152 g/mol. The Balaban J connectivity index is 2.09. The van der Waals surface area contributed by atoms with Crippen LogP contribution in [0.5, 0.6) is 0 Å². The van der Waals surface area contributed by atoms with Gasteiger partial charge in [0.25, 0.3) is 0 Å². The first-order valence-corrected chi connectivity index (χ1v) is 4.83. The zero-order valence-electron chi connectivity index (χ0n) is 7.75. The topological polar surface area (TPSA) is 26.3 Å². The smallest absolute Gasteiger partial charge is 0.136 e. The molecule has 1 aliphatic heterocycles. The van der Waals surface area contributed by atoms with Crippen LogP contribution in [-0.4, -0.2) is 18.5 Å². The number of ketones is 1. The summed E-state index contributed by atoms with van der Waals surface area (Å²) in [5.41, 5.74) is 0. The first kappa shape index (κ1) is 8.24. The summed E-state index contributed by atoms with van der Waals surface area (Å²) in [7, 11) is 0. The highest BCUT2D eigenvalue weighted by Gasteiger charge is 2.41. The predicted octanol–water partition coefficient (Wildman–Crippen LogP) is 1.64. The minimum atomic E-state index is 0.233. The minimum Gasteiger partial charge on any atom is -0.378 e. The Kier molecular flexibility index (Phi) is 1.95. The van der Waals surface area contributed by atoms with Crippen molar-refractivity contribution in [1.82, 2.24) is 0 Å². The molecule has 0 aromatic heterocycles. The second-order valence-electron chi connectivity index (χ2n) is 4.32. The van der Waals surface area contributed by atoms with Crippen LogP contribution < -0.4 is 0 Å². The first-order chi connectivity index (χ1) is 5.68. The quantitative estimate of drug-likeness (QED) is 0.549. The monoisotopic (exact) mass is 168 g/mol. The van der Waals surface area contributed by atoms with Gasteiger partial charge in [-0.1, -0.05) is 13.8 Å². The van der Waals surface area contributed by atoms with Crippen LogP contribution >= 0.6 is 0 Å². The minimum absolute atomic E-state index is 0.233. The molecule has 2 fully saturated rings. The molecule has 0 N–H and O–H groups in total. The fraction of sp³-hybridized carbons (Fsp3) is 0.900. The van der Waals surface area contributed by atoms with Crippen molar-refractivity contribution in [3.05, 3.63) is 0 Å². The summed E-state index contributed by atoms with van der Waals surface area (Å²) in [5, 5.41) is 0. The Hall–Kier alpha value is -0.370. The van der Waals surface area contributed by atoms with Crippen molar-refractivity contribution in [2.24, 2.45) is 17.8 Å². The van der Waals surface area contributed by atoms with Crippen LogP contribution in [0.4, 0.5) is 0 Å². The van der Waals surface area contributed by atoms with Gasteiger partial charge in [-0.3, -0.25) is 4.79 Å². The molecule has 0 unspecified atom stereocenters. The van der Waals surface area contributed by atoms with E-state index < -0.39 is 0 Å². The lowest BCUT2D eigenvalue weighted by molar-refractivity contribution is -0.128. The van der Waals surface area contributed by atoms with E-state index in [1.54, 1.807) is 0 Å². The van der Waals surface area contributed by atoms with Crippen molar-refractivity contribution in [2.75, 3.05) is 6.61 Å². The molecule has 0 bridgehead atoms. The van der Waals surface area contributed by atoms with E-state index in [2.05, 4.69) is 6.92 Å². The summed E-state index contributed by atoms with van der Waals surface area (Å²) in [5.74, 6) is 1.78. The van der Waals surface area contributed by atoms with Gasteiger partial charge in [-0.2, -0.15) is 0 Å². The van der Waals surface area contributed by atoms with Crippen LogP contribution in [0.3, 0.4) is 0 Å². The summed E-state index contributed by atoms with van der Waals surface area (Å²) in [6, 6.07) is 0. The largest absolute Gasteiger partial charge is 0.378 e. The summed E-state index contributed by atoms with van der Waals surface area (Å²) < 4.78 is 5.64. The Bertz CT molecular complexity index is 200. The fourth-order valence-electron chi connectivity index (χ4n) is 2.38. The second-order valence-corrected chi connectivity index (χ2v) is 4.32. The molecule has 1 saturated carbocycles. The lowest BCUT2D eigenvalue weighted by Gasteiger charge is -2.28. The third kappa shape index (κ3) is 1.18. The number of rotatable bonds is 0. The molecule has 0 amide bonds. The Labute approximate surface area is 73.3 Å². The van der Waals surface area contributed by atoms with Crippen LogP contribution in [-0.2, 0) is 9.53 Å². The van der Waals surface area contributed by atoms with Crippen LogP contribution in [0, 0.1) is 17.8 Å². The highest BCUT2D eigenvalue weighted by atomic mass is 16.5. The van der Waals surface area contributed by atoms with Gasteiger partial charge in [0.15, 0.2) is 0 Å². The molecule has 12 heavy (non-hydrogen) atoms. The molecule has 4 atom stereocenters. The average Bonchev–Trinajstić information content (AvgIpc) is 2.35. The third-order valence-corrected chi connectivity index (χ3v) is 3.35. The molecule has 0 spiro atoms. The molecule has 1 heterocycles. The van der Waals surface area contributed by atoms with Gasteiger partial charge in [0.05, 0.1) is 6.10 Å². The Morgan fingerprint density at radius 1 is 1.42 bits per heavy atom. The van der Waals surface area contributed by atoms with Gasteiger partial charge in [-0.25, -0.2) is 0 Å². The van der Waals surface area contributed by atoms with E-state index in [-0.39, 0.29) is 5.92 Å². The highest BCUT2D eigenvalue weighted by Crippen LogP contribution is 2.38. The summed E-state index contributed by atoms with van der Waals surface area (Å²) in [4.78, 5) is 11.4. The number of carbonyl (C=O) groups excluding carboxylic acids is 1. The average molecular weight is 168 g/mol. The second kappa shape index (κ2) is 2.84. The molecule has 1 saturated heterocycles. The first-order valence-electron chi connectivity index (χ1n) is 4.83. The van der Waals surface area contributed by atoms with E-state index in [4.69, 9.17) is 4.74 Å². The fourth-order valence-corrected chi connectivity index (χ4v) is 2.38. The molecule has 2 aliphatic rings. The number of carbonyl (C=O) groups is 1. The molecule has 0 aromatic rings. The summed E-state index contributed by atoms with van der Waals surface area (Å²) in [6.45, 7) is 5.06. The van der Waals surface area contributed by atoms with Gasteiger partial charge >= 0.3 is 0 Å². The van der Waals surface area contributed by atoms with Crippen molar-refractivity contribution in [1.29, 1.82) is 0 Å². The van der Waals surface area contributed by atoms with Crippen molar-refractivity contribution in [2.45, 2.75) is 32.8 Å². The van der Waals surface area contributed by atoms with Gasteiger partial charge < -0.3 is 4.74 Å². The van der Waals surface area contributed by atoms with Crippen LogP contribution in [0.25, 0.3) is 0 Å². The molecule has 68 valence electrons. The lowest BCUT2D eigenvalue weighted by atomic mass is 9.76. The van der Waals surface area contributed by atoms with Gasteiger partial charge in [0.2, 0.25) is 0 Å². The normalized spacial score (nSPS) is 47.7. The lowest BCUT2D eigenvalue weighted by Crippen LogP contribution is -2.33. The van der Waals surface area contributed by atoms with E-state index >= 15 is 0 Å². The molecule has 0 aromatic carbocycles. The number of ether oxygens (including phenoxy) is 1. The predicted molar refractivity (Wildman–Crippen MR) is 45.8 cm³/mol. The van der Waals surface area contributed by atoms with Crippen LogP contribution in [0.1, 0.15) is 26.7 Å². The number of Topliss-reactive ketones (excluding diaryl/α,β-unsaturated/α-hetero) is 1. The molecule has 2 heteroatoms. The SMILES string of the molecule is C[C@@H]1C[C@H]2OC[C@@H](C)[C@H]2CC1=O. The standard InChI is InChI=1S/C10H16O2/c1-6-3-10-8(4-9(6)11)7(2)5-12-10/h6-8,10H,3-5H2,1-2H3/t6-,7-,8-,10-/m1/s1. The maximum absolute atomic E-state index is 11.4. The van der Waals surface area contributed by atoms with Gasteiger partial charge in [0.1, 0.15) is 5.78 Å². The maximum atomic E-state index is 11.4. The zero-order chi connectivity index (χ0) is 8.72. The molecule has 1 aliphatic carbocycles. The maximum Gasteiger partial charge on any atom is 0.136 e. The number of hydrogen-bond acceptors (Lipinski definition) is 2. The summed E-state index contributed by atoms with van der Waals surface area (Å²) >= 11 is 0. The van der Waals surface area contributed by atoms with Crippen molar-refractivity contribution in [3.8, 4) is 0 Å². The highest BCUT2D eigenvalue weighted by molar-refractivity contribution is 5.81. The Morgan fingerprint density at radius 3 is 2.92 bits per heavy atom. The molecular formula is C10H16O2. The van der Waals surface area contributed by atoms with Crippen molar-refractivity contribution in [3.63, 3.8) is 0 Å². The van der Waals surface area contributed by atoms with E-state index in [0.29, 0.717) is 23.7 Å². The van der Waals surface area contributed by atoms with Crippen LogP contribution in [0.15, 0.2) is 0 Å². The van der Waals surface area contributed by atoms with Crippen LogP contribution in [0.2, 0.25) is 0 Å². The van der Waals surface area contributed by atoms with E-state index in [1.807, 2.05) is 6.92 Å². The number of hydrogen-bond donors (Lipinski definition) is 0. The third-order valence-electron chi connectivity index (χ3n) is 3.35. The molecule has 2 nitrogen and oxygen atoms in total. The van der Waals surface area contributed by atoms with Crippen molar-refractivity contribution < 1.29 is 9.53 Å². The zero-order valence-corrected chi connectivity index (χ0v) is 7.75. The van der Waals surface area contributed by atoms with Gasteiger partial charge in [-0.05, 0) is 18.3 Å². The number of fused-ring (bicyclic) bond motifs is 1. The summed E-state index contributed by atoms with van der Waals surface area (Å²) in [6.07, 6.45) is 2.09. The van der Waals surface area contributed by atoms with Gasteiger partial charge in [-0.15, -0.1) is 0 Å². The Morgan fingerprint density at radius 2 is 2.17 bits per heavy atom.